The fraction of sp³-hybridized carbons (Fsp3) is 0.143. The minimum Gasteiger partial charge on any atom is -0.366 e. The molecule has 1 aromatic heterocycles. The van der Waals surface area contributed by atoms with Gasteiger partial charge >= 0.3 is 0 Å². The summed E-state index contributed by atoms with van der Waals surface area (Å²) in [6.07, 6.45) is 1.83. The van der Waals surface area contributed by atoms with Crippen LogP contribution in [-0.2, 0) is 6.54 Å². The lowest BCUT2D eigenvalue weighted by atomic mass is 10.2. The Bertz CT molecular complexity index is 712. The molecule has 0 radical (unpaired) electrons. The van der Waals surface area contributed by atoms with E-state index in [9.17, 15) is 9.59 Å². The number of amides is 2. The second kappa shape index (κ2) is 6.32. The molecule has 0 fully saturated rings. The molecular weight excluding hydrogens is 358 g/mol. The number of aryl methyl sites for hydroxylation is 1. The molecule has 3 N–H and O–H groups in total. The summed E-state index contributed by atoms with van der Waals surface area (Å²) in [7, 11) is 0. The molecule has 1 aromatic carbocycles. The number of aromatic nitrogens is 1. The van der Waals surface area contributed by atoms with E-state index in [-0.39, 0.29) is 16.5 Å². The van der Waals surface area contributed by atoms with Crippen LogP contribution < -0.4 is 11.1 Å². The Morgan fingerprint density at radius 2 is 2.10 bits per heavy atom. The molecule has 2 amide bonds. The van der Waals surface area contributed by atoms with E-state index in [0.717, 1.165) is 4.47 Å². The summed E-state index contributed by atoms with van der Waals surface area (Å²) in [5, 5.41) is 2.94. The molecule has 0 bridgehead atoms. The van der Waals surface area contributed by atoms with Gasteiger partial charge in [0.2, 0.25) is 5.91 Å². The van der Waals surface area contributed by atoms with Crippen LogP contribution in [0.4, 0.5) is 5.69 Å². The maximum absolute atomic E-state index is 12.2. The van der Waals surface area contributed by atoms with E-state index in [4.69, 9.17) is 17.3 Å². The Morgan fingerprint density at radius 1 is 1.38 bits per heavy atom. The molecule has 0 saturated heterocycles. The minimum absolute atomic E-state index is 0.201. The van der Waals surface area contributed by atoms with Crippen LogP contribution in [0.1, 0.15) is 27.8 Å². The van der Waals surface area contributed by atoms with Gasteiger partial charge in [0.25, 0.3) is 5.91 Å². The Morgan fingerprint density at radius 3 is 2.67 bits per heavy atom. The molecule has 0 aliphatic heterocycles. The van der Waals surface area contributed by atoms with E-state index in [1.165, 1.54) is 12.1 Å². The molecule has 110 valence electrons. The highest BCUT2D eigenvalue weighted by molar-refractivity contribution is 9.10. The molecule has 0 saturated carbocycles. The van der Waals surface area contributed by atoms with E-state index in [1.807, 2.05) is 17.7 Å². The number of carbonyl (C=O) groups is 2. The summed E-state index contributed by atoms with van der Waals surface area (Å²) in [6, 6.07) is 6.29. The van der Waals surface area contributed by atoms with Crippen molar-refractivity contribution in [2.45, 2.75) is 13.5 Å². The zero-order valence-electron chi connectivity index (χ0n) is 11.2. The third-order valence-corrected chi connectivity index (χ3v) is 3.68. The van der Waals surface area contributed by atoms with Gasteiger partial charge in [-0.25, -0.2) is 0 Å². The van der Waals surface area contributed by atoms with E-state index in [0.29, 0.717) is 17.9 Å². The van der Waals surface area contributed by atoms with E-state index < -0.39 is 5.91 Å². The highest BCUT2D eigenvalue weighted by Gasteiger charge is 2.14. The van der Waals surface area contributed by atoms with Crippen molar-refractivity contribution >= 4 is 45.0 Å². The normalized spacial score (nSPS) is 10.4. The van der Waals surface area contributed by atoms with Gasteiger partial charge in [-0.2, -0.15) is 0 Å². The molecule has 0 aliphatic rings. The van der Waals surface area contributed by atoms with Crippen molar-refractivity contribution in [2.24, 2.45) is 5.73 Å². The Balaban J connectivity index is 2.23. The van der Waals surface area contributed by atoms with E-state index >= 15 is 0 Å². The third-order valence-electron chi connectivity index (χ3n) is 2.93. The fourth-order valence-electron chi connectivity index (χ4n) is 1.91. The summed E-state index contributed by atoms with van der Waals surface area (Å²) >= 11 is 9.29. The molecule has 5 nitrogen and oxygen atoms in total. The average Bonchev–Trinajstić information content (AvgIpc) is 2.79. The predicted octanol–water partition coefficient (Wildman–Crippen LogP) is 3.28. The van der Waals surface area contributed by atoms with Crippen molar-refractivity contribution in [1.29, 1.82) is 0 Å². The zero-order chi connectivity index (χ0) is 15.6. The second-order valence-corrected chi connectivity index (χ2v) is 5.67. The first kappa shape index (κ1) is 15.6. The standard InChI is InChI=1S/C14H13BrClN3O2/c1-2-19-7-8(15)5-12(19)14(21)18-9-3-4-10(13(17)20)11(16)6-9/h3-7H,2H2,1H3,(H2,17,20)(H,18,21). The van der Waals surface area contributed by atoms with Crippen molar-refractivity contribution in [3.05, 3.63) is 51.2 Å². The summed E-state index contributed by atoms with van der Waals surface area (Å²) in [6.45, 7) is 2.62. The van der Waals surface area contributed by atoms with Gasteiger partial charge in [-0.05, 0) is 47.1 Å². The molecule has 2 rings (SSSR count). The number of nitrogens with zero attached hydrogens (tertiary/aromatic N) is 1. The number of nitrogens with two attached hydrogens (primary N) is 1. The number of benzene rings is 1. The Hall–Kier alpha value is -1.79. The van der Waals surface area contributed by atoms with Gasteiger partial charge in [0.05, 0.1) is 10.6 Å². The van der Waals surface area contributed by atoms with Gasteiger partial charge in [0.1, 0.15) is 5.69 Å². The molecule has 7 heteroatoms. The van der Waals surface area contributed by atoms with Crippen LogP contribution in [0.2, 0.25) is 5.02 Å². The quantitative estimate of drug-likeness (QED) is 0.866. The fourth-order valence-corrected chi connectivity index (χ4v) is 2.65. The minimum atomic E-state index is -0.610. The van der Waals surface area contributed by atoms with Crippen LogP contribution in [0.3, 0.4) is 0 Å². The summed E-state index contributed by atoms with van der Waals surface area (Å²) < 4.78 is 2.65. The highest BCUT2D eigenvalue weighted by Crippen LogP contribution is 2.22. The molecule has 0 atom stereocenters. The van der Waals surface area contributed by atoms with Gasteiger partial charge in [-0.1, -0.05) is 11.6 Å². The topological polar surface area (TPSA) is 77.1 Å². The predicted molar refractivity (Wildman–Crippen MR) is 85.7 cm³/mol. The number of halogens is 2. The number of hydrogen-bond donors (Lipinski definition) is 2. The molecule has 0 unspecified atom stereocenters. The molecule has 2 aromatic rings. The largest absolute Gasteiger partial charge is 0.366 e. The summed E-state index contributed by atoms with van der Waals surface area (Å²) in [4.78, 5) is 23.4. The summed E-state index contributed by atoms with van der Waals surface area (Å²) in [5.41, 5.74) is 6.42. The van der Waals surface area contributed by atoms with E-state index in [1.54, 1.807) is 12.1 Å². The third kappa shape index (κ3) is 3.46. The molecule has 1 heterocycles. The zero-order valence-corrected chi connectivity index (χ0v) is 13.5. The first-order valence-electron chi connectivity index (χ1n) is 6.18. The number of hydrogen-bond acceptors (Lipinski definition) is 2. The first-order valence-corrected chi connectivity index (χ1v) is 7.36. The number of nitrogens with one attached hydrogen (secondary N) is 1. The number of rotatable bonds is 4. The monoisotopic (exact) mass is 369 g/mol. The lowest BCUT2D eigenvalue weighted by Gasteiger charge is -2.09. The SMILES string of the molecule is CCn1cc(Br)cc1C(=O)Nc1ccc(C(N)=O)c(Cl)c1. The lowest BCUT2D eigenvalue weighted by molar-refractivity contribution is 0.0997. The van der Waals surface area contributed by atoms with Crippen molar-refractivity contribution in [3.8, 4) is 0 Å². The smallest absolute Gasteiger partial charge is 0.272 e. The Kier molecular flexibility index (Phi) is 4.69. The van der Waals surface area contributed by atoms with Crippen LogP contribution >= 0.6 is 27.5 Å². The first-order chi connectivity index (χ1) is 9.92. The number of anilines is 1. The molecular formula is C14H13BrClN3O2. The van der Waals surface area contributed by atoms with Crippen molar-refractivity contribution in [2.75, 3.05) is 5.32 Å². The number of carbonyl (C=O) groups excluding carboxylic acids is 2. The van der Waals surface area contributed by atoms with E-state index in [2.05, 4.69) is 21.2 Å². The molecule has 21 heavy (non-hydrogen) atoms. The van der Waals surface area contributed by atoms with Crippen LogP contribution in [0.5, 0.6) is 0 Å². The average molecular weight is 371 g/mol. The summed E-state index contributed by atoms with van der Waals surface area (Å²) in [5.74, 6) is -0.868. The maximum atomic E-state index is 12.2. The maximum Gasteiger partial charge on any atom is 0.272 e. The highest BCUT2D eigenvalue weighted by atomic mass is 79.9. The van der Waals surface area contributed by atoms with Crippen molar-refractivity contribution in [3.63, 3.8) is 0 Å². The van der Waals surface area contributed by atoms with Crippen LogP contribution in [0.15, 0.2) is 34.9 Å². The Labute approximate surface area is 135 Å². The second-order valence-electron chi connectivity index (χ2n) is 4.34. The van der Waals surface area contributed by atoms with Gasteiger partial charge in [-0.15, -0.1) is 0 Å². The van der Waals surface area contributed by atoms with Gasteiger partial charge in [0.15, 0.2) is 0 Å². The number of primary amides is 1. The van der Waals surface area contributed by atoms with Crippen LogP contribution in [-0.4, -0.2) is 16.4 Å². The van der Waals surface area contributed by atoms with Crippen molar-refractivity contribution < 1.29 is 9.59 Å². The van der Waals surface area contributed by atoms with Gasteiger partial charge in [0, 0.05) is 22.9 Å². The van der Waals surface area contributed by atoms with Gasteiger partial charge in [-0.3, -0.25) is 9.59 Å². The van der Waals surface area contributed by atoms with Crippen LogP contribution in [0, 0.1) is 0 Å². The molecule has 0 aliphatic carbocycles. The van der Waals surface area contributed by atoms with Crippen LogP contribution in [0.25, 0.3) is 0 Å². The lowest BCUT2D eigenvalue weighted by Crippen LogP contribution is -2.17. The van der Waals surface area contributed by atoms with Gasteiger partial charge < -0.3 is 15.6 Å². The molecule has 0 spiro atoms. The van der Waals surface area contributed by atoms with Crippen molar-refractivity contribution in [1.82, 2.24) is 4.57 Å².